The topological polar surface area (TPSA) is 128 Å². The number of carbonyl (C=O) groups is 2. The molecule has 2 N–H and O–H groups in total. The monoisotopic (exact) mass is 427 g/mol. The third-order valence-corrected chi connectivity index (χ3v) is 4.55. The molecule has 1 aromatic carbocycles. The Morgan fingerprint density at radius 2 is 2.21 bits per heavy atom. The van der Waals surface area contributed by atoms with Crippen LogP contribution >= 0.6 is 11.6 Å². The summed E-state index contributed by atoms with van der Waals surface area (Å²) in [5.41, 5.74) is 6.31. The van der Waals surface area contributed by atoms with Crippen LogP contribution in [0.15, 0.2) is 23.3 Å². The van der Waals surface area contributed by atoms with Gasteiger partial charge in [0, 0.05) is 23.4 Å². The number of rotatable bonds is 5. The molecule has 1 aliphatic rings. The molecule has 0 aromatic heterocycles. The first-order valence-electron chi connectivity index (χ1n) is 8.89. The quantitative estimate of drug-likeness (QED) is 0.425. The number of carbonyl (C=O) groups excluding carboxylic acids is 2. The van der Waals surface area contributed by atoms with Crippen molar-refractivity contribution in [2.75, 3.05) is 13.1 Å². The van der Waals surface area contributed by atoms with Gasteiger partial charge in [-0.05, 0) is 32.4 Å². The predicted molar refractivity (Wildman–Crippen MR) is 104 cm³/mol. The minimum absolute atomic E-state index is 0.0725. The standard InChI is InChI=1S/C18H23ClFN5O4/c1-17(2,3)29-16(27)25-10-18(28,9-23-24-21)7-13(25)15(26)22-8-11-5-4-6-12(19)14(11)20/h4-6,13,28H,7-10H2,1-3H3,(H,22,26)/t13-,18+/m0/s1. The molecule has 2 rings (SSSR count). The van der Waals surface area contributed by atoms with Gasteiger partial charge in [-0.1, -0.05) is 28.8 Å². The summed E-state index contributed by atoms with van der Waals surface area (Å²) in [7, 11) is 0. The van der Waals surface area contributed by atoms with Gasteiger partial charge < -0.3 is 15.2 Å². The summed E-state index contributed by atoms with van der Waals surface area (Å²) in [5, 5.41) is 16.5. The molecule has 1 aromatic rings. The molecule has 2 atom stereocenters. The van der Waals surface area contributed by atoms with Crippen molar-refractivity contribution in [2.24, 2.45) is 5.11 Å². The van der Waals surface area contributed by atoms with Gasteiger partial charge in [-0.15, -0.1) is 0 Å². The number of likely N-dealkylation sites (tertiary alicyclic amines) is 1. The smallest absolute Gasteiger partial charge is 0.411 e. The maximum absolute atomic E-state index is 14.0. The van der Waals surface area contributed by atoms with Crippen LogP contribution in [0.1, 0.15) is 32.8 Å². The van der Waals surface area contributed by atoms with Crippen molar-refractivity contribution < 1.29 is 23.8 Å². The highest BCUT2D eigenvalue weighted by atomic mass is 35.5. The predicted octanol–water partition coefficient (Wildman–Crippen LogP) is 3.15. The first kappa shape index (κ1) is 22.7. The van der Waals surface area contributed by atoms with E-state index in [-0.39, 0.29) is 36.6 Å². The molecule has 0 radical (unpaired) electrons. The highest BCUT2D eigenvalue weighted by Crippen LogP contribution is 2.30. The Morgan fingerprint density at radius 1 is 1.52 bits per heavy atom. The Bertz CT molecular complexity index is 840. The maximum Gasteiger partial charge on any atom is 0.411 e. The number of benzene rings is 1. The second kappa shape index (κ2) is 8.86. The average molecular weight is 428 g/mol. The van der Waals surface area contributed by atoms with Crippen LogP contribution in [0.4, 0.5) is 9.18 Å². The normalized spacial score (nSPS) is 21.4. The fraction of sp³-hybridized carbons (Fsp3) is 0.556. The van der Waals surface area contributed by atoms with E-state index in [2.05, 4.69) is 15.3 Å². The van der Waals surface area contributed by atoms with Gasteiger partial charge in [0.15, 0.2) is 0 Å². The SMILES string of the molecule is CC(C)(C)OC(=O)N1C[C@](O)(CN=[N+]=[N-])C[C@H]1C(=O)NCc1cccc(Cl)c1F. The number of ether oxygens (including phenoxy) is 1. The summed E-state index contributed by atoms with van der Waals surface area (Å²) in [6.45, 7) is 4.30. The van der Waals surface area contributed by atoms with E-state index < -0.39 is 35.1 Å². The molecule has 0 aliphatic carbocycles. The summed E-state index contributed by atoms with van der Waals surface area (Å²) < 4.78 is 19.3. The number of nitrogens with zero attached hydrogens (tertiary/aromatic N) is 4. The van der Waals surface area contributed by atoms with E-state index in [1.54, 1.807) is 26.8 Å². The van der Waals surface area contributed by atoms with Gasteiger partial charge in [-0.3, -0.25) is 9.69 Å². The molecule has 0 spiro atoms. The van der Waals surface area contributed by atoms with Gasteiger partial charge in [0.05, 0.1) is 23.7 Å². The third-order valence-electron chi connectivity index (χ3n) is 4.26. The number of β-amino-alcohol motifs (C(OH)–C–C–N with tert-alkyl or cyclic N) is 1. The van der Waals surface area contributed by atoms with Crippen molar-refractivity contribution in [1.29, 1.82) is 0 Å². The van der Waals surface area contributed by atoms with Gasteiger partial charge in [-0.2, -0.15) is 0 Å². The fourth-order valence-corrected chi connectivity index (χ4v) is 3.17. The molecule has 1 heterocycles. The van der Waals surface area contributed by atoms with E-state index in [1.165, 1.54) is 12.1 Å². The van der Waals surface area contributed by atoms with Gasteiger partial charge in [0.25, 0.3) is 0 Å². The van der Waals surface area contributed by atoms with Crippen LogP contribution in [0.2, 0.25) is 5.02 Å². The van der Waals surface area contributed by atoms with E-state index in [1.807, 2.05) is 0 Å². The summed E-state index contributed by atoms with van der Waals surface area (Å²) in [6.07, 6.45) is -0.946. The van der Waals surface area contributed by atoms with Crippen LogP contribution < -0.4 is 5.32 Å². The van der Waals surface area contributed by atoms with Crippen LogP contribution in [-0.2, 0) is 16.1 Å². The lowest BCUT2D eigenvalue weighted by atomic mass is 10.0. The Hall–Kier alpha value is -2.55. The zero-order valence-electron chi connectivity index (χ0n) is 16.4. The Balaban J connectivity index is 2.18. The summed E-state index contributed by atoms with van der Waals surface area (Å²) in [6, 6.07) is 3.33. The molecule has 158 valence electrons. The zero-order chi connectivity index (χ0) is 21.8. The molecule has 0 unspecified atom stereocenters. The molecule has 0 bridgehead atoms. The molecule has 9 nitrogen and oxygen atoms in total. The first-order chi connectivity index (χ1) is 13.5. The van der Waals surface area contributed by atoms with Crippen LogP contribution in [0.25, 0.3) is 10.4 Å². The summed E-state index contributed by atoms with van der Waals surface area (Å²) in [5.74, 6) is -1.25. The fourth-order valence-electron chi connectivity index (χ4n) is 2.97. The molecular formula is C18H23ClFN5O4. The number of hydrogen-bond acceptors (Lipinski definition) is 5. The summed E-state index contributed by atoms with van der Waals surface area (Å²) >= 11 is 5.74. The number of hydrogen-bond donors (Lipinski definition) is 2. The number of nitrogens with one attached hydrogen (secondary N) is 1. The first-order valence-corrected chi connectivity index (χ1v) is 9.27. The number of amides is 2. The van der Waals surface area contributed by atoms with Crippen molar-refractivity contribution in [1.82, 2.24) is 10.2 Å². The highest BCUT2D eigenvalue weighted by molar-refractivity contribution is 6.30. The molecule has 1 fully saturated rings. The molecular weight excluding hydrogens is 405 g/mol. The second-order valence-electron chi connectivity index (χ2n) is 7.87. The summed E-state index contributed by atoms with van der Waals surface area (Å²) in [4.78, 5) is 29.0. The van der Waals surface area contributed by atoms with E-state index in [0.29, 0.717) is 0 Å². The van der Waals surface area contributed by atoms with Gasteiger partial charge in [-0.25, -0.2) is 9.18 Å². The van der Waals surface area contributed by atoms with Gasteiger partial charge in [0.1, 0.15) is 17.5 Å². The number of azide groups is 1. The number of aliphatic hydroxyl groups is 1. The van der Waals surface area contributed by atoms with E-state index in [0.717, 1.165) is 4.90 Å². The van der Waals surface area contributed by atoms with Crippen molar-refractivity contribution >= 4 is 23.6 Å². The highest BCUT2D eigenvalue weighted by Gasteiger charge is 2.48. The molecule has 11 heteroatoms. The largest absolute Gasteiger partial charge is 0.444 e. The second-order valence-corrected chi connectivity index (χ2v) is 8.28. The minimum atomic E-state index is -1.58. The lowest BCUT2D eigenvalue weighted by molar-refractivity contribution is -0.125. The van der Waals surface area contributed by atoms with Crippen LogP contribution in [0.3, 0.4) is 0 Å². The molecule has 1 saturated heterocycles. The molecule has 29 heavy (non-hydrogen) atoms. The van der Waals surface area contributed by atoms with E-state index >= 15 is 0 Å². The van der Waals surface area contributed by atoms with Crippen molar-refractivity contribution in [3.8, 4) is 0 Å². The lowest BCUT2D eigenvalue weighted by Gasteiger charge is -2.28. The van der Waals surface area contributed by atoms with Crippen LogP contribution in [0.5, 0.6) is 0 Å². The van der Waals surface area contributed by atoms with Crippen molar-refractivity contribution in [2.45, 2.75) is 51.0 Å². The van der Waals surface area contributed by atoms with E-state index in [9.17, 15) is 19.1 Å². The number of halogens is 2. The molecule has 0 saturated carbocycles. The van der Waals surface area contributed by atoms with Gasteiger partial charge in [0.2, 0.25) is 5.91 Å². The Labute approximate surface area is 172 Å². The van der Waals surface area contributed by atoms with Gasteiger partial charge >= 0.3 is 6.09 Å². The maximum atomic E-state index is 14.0. The van der Waals surface area contributed by atoms with Crippen LogP contribution in [-0.4, -0.2) is 52.3 Å². The van der Waals surface area contributed by atoms with Crippen molar-refractivity contribution in [3.05, 3.63) is 45.0 Å². The molecule has 2 amide bonds. The minimum Gasteiger partial charge on any atom is -0.444 e. The van der Waals surface area contributed by atoms with Crippen LogP contribution in [0, 0.1) is 5.82 Å². The van der Waals surface area contributed by atoms with E-state index in [4.69, 9.17) is 21.9 Å². The average Bonchev–Trinajstić information content (AvgIpc) is 2.98. The third kappa shape index (κ3) is 5.96. The lowest BCUT2D eigenvalue weighted by Crippen LogP contribution is -2.47. The van der Waals surface area contributed by atoms with Crippen molar-refractivity contribution in [3.63, 3.8) is 0 Å². The zero-order valence-corrected chi connectivity index (χ0v) is 17.1. The Kier molecular flexibility index (Phi) is 6.94. The Morgan fingerprint density at radius 3 is 2.83 bits per heavy atom. The molecule has 1 aliphatic heterocycles.